The number of nitrogens with one attached hydrogen (secondary N) is 1. The Hall–Kier alpha value is -2.86. The van der Waals surface area contributed by atoms with Gasteiger partial charge >= 0.3 is 5.97 Å². The number of aromatic nitrogens is 1. The molecule has 0 amide bonds. The smallest absolute Gasteiger partial charge is 0.338 e. The second-order valence-corrected chi connectivity index (χ2v) is 6.05. The molecule has 0 unspecified atom stereocenters. The molecular formula is C19H18N2O3S. The van der Waals surface area contributed by atoms with E-state index >= 15 is 0 Å². The SMILES string of the molecule is CCOC(=O)c1ccc(Nc2nc(-c3ccc(OC)cc3)cs2)cc1. The first-order valence-corrected chi connectivity index (χ1v) is 8.71. The molecule has 0 bridgehead atoms. The molecular weight excluding hydrogens is 336 g/mol. The minimum Gasteiger partial charge on any atom is -0.497 e. The fourth-order valence-electron chi connectivity index (χ4n) is 2.25. The normalized spacial score (nSPS) is 10.3. The summed E-state index contributed by atoms with van der Waals surface area (Å²) in [4.78, 5) is 16.3. The Bertz CT molecular complexity index is 842. The van der Waals surface area contributed by atoms with Crippen molar-refractivity contribution in [3.63, 3.8) is 0 Å². The zero-order valence-electron chi connectivity index (χ0n) is 14.0. The topological polar surface area (TPSA) is 60.5 Å². The number of esters is 1. The third kappa shape index (κ3) is 4.16. The van der Waals surface area contributed by atoms with Gasteiger partial charge in [0.25, 0.3) is 0 Å². The van der Waals surface area contributed by atoms with Crippen molar-refractivity contribution in [2.75, 3.05) is 19.0 Å². The van der Waals surface area contributed by atoms with Crippen molar-refractivity contribution in [1.29, 1.82) is 0 Å². The minimum absolute atomic E-state index is 0.315. The molecule has 0 radical (unpaired) electrons. The number of rotatable bonds is 6. The second-order valence-electron chi connectivity index (χ2n) is 5.19. The molecule has 0 saturated heterocycles. The first kappa shape index (κ1) is 17.0. The van der Waals surface area contributed by atoms with Gasteiger partial charge in [0.2, 0.25) is 0 Å². The molecule has 6 heteroatoms. The lowest BCUT2D eigenvalue weighted by atomic mass is 10.2. The van der Waals surface area contributed by atoms with Gasteiger partial charge in [0.1, 0.15) is 5.75 Å². The van der Waals surface area contributed by atoms with Crippen LogP contribution in [-0.4, -0.2) is 24.7 Å². The maximum atomic E-state index is 11.7. The molecule has 0 aliphatic carbocycles. The molecule has 0 spiro atoms. The average molecular weight is 354 g/mol. The van der Waals surface area contributed by atoms with Crippen molar-refractivity contribution < 1.29 is 14.3 Å². The van der Waals surface area contributed by atoms with E-state index in [0.717, 1.165) is 27.8 Å². The molecule has 1 N–H and O–H groups in total. The summed E-state index contributed by atoms with van der Waals surface area (Å²) < 4.78 is 10.1. The third-order valence-corrected chi connectivity index (χ3v) is 4.29. The van der Waals surface area contributed by atoms with Gasteiger partial charge in [0.05, 0.1) is 25.0 Å². The van der Waals surface area contributed by atoms with Gasteiger partial charge in [-0.3, -0.25) is 0 Å². The molecule has 0 saturated carbocycles. The number of benzene rings is 2. The van der Waals surface area contributed by atoms with Crippen LogP contribution in [0.1, 0.15) is 17.3 Å². The zero-order chi connectivity index (χ0) is 17.6. The molecule has 3 rings (SSSR count). The summed E-state index contributed by atoms with van der Waals surface area (Å²) >= 11 is 1.52. The van der Waals surface area contributed by atoms with E-state index in [1.807, 2.05) is 41.8 Å². The molecule has 5 nitrogen and oxygen atoms in total. The summed E-state index contributed by atoms with van der Waals surface area (Å²) in [5, 5.41) is 6.03. The highest BCUT2D eigenvalue weighted by Crippen LogP contribution is 2.28. The lowest BCUT2D eigenvalue weighted by Crippen LogP contribution is -2.04. The van der Waals surface area contributed by atoms with Crippen molar-refractivity contribution in [2.24, 2.45) is 0 Å². The third-order valence-electron chi connectivity index (χ3n) is 3.54. The van der Waals surface area contributed by atoms with E-state index in [9.17, 15) is 4.79 Å². The van der Waals surface area contributed by atoms with Gasteiger partial charge in [-0.05, 0) is 55.5 Å². The lowest BCUT2D eigenvalue weighted by molar-refractivity contribution is 0.0526. The maximum absolute atomic E-state index is 11.7. The van der Waals surface area contributed by atoms with Gasteiger partial charge in [-0.1, -0.05) is 0 Å². The second kappa shape index (κ2) is 7.81. The van der Waals surface area contributed by atoms with E-state index in [1.54, 1.807) is 26.2 Å². The van der Waals surface area contributed by atoms with Crippen molar-refractivity contribution in [1.82, 2.24) is 4.98 Å². The maximum Gasteiger partial charge on any atom is 0.338 e. The number of methoxy groups -OCH3 is 1. The highest BCUT2D eigenvalue weighted by molar-refractivity contribution is 7.14. The number of thiazole rings is 1. The van der Waals surface area contributed by atoms with E-state index in [2.05, 4.69) is 10.3 Å². The summed E-state index contributed by atoms with van der Waals surface area (Å²) in [5.41, 5.74) is 3.33. The predicted molar refractivity (Wildman–Crippen MR) is 99.8 cm³/mol. The number of nitrogens with zero attached hydrogens (tertiary/aromatic N) is 1. The first-order valence-electron chi connectivity index (χ1n) is 7.83. The largest absolute Gasteiger partial charge is 0.497 e. The molecule has 1 aromatic heterocycles. The average Bonchev–Trinajstić information content (AvgIpc) is 3.11. The van der Waals surface area contributed by atoms with Crippen molar-refractivity contribution in [3.8, 4) is 17.0 Å². The molecule has 128 valence electrons. The number of anilines is 2. The molecule has 0 atom stereocenters. The van der Waals surface area contributed by atoms with Gasteiger partial charge < -0.3 is 14.8 Å². The van der Waals surface area contributed by atoms with Gasteiger partial charge in [-0.25, -0.2) is 9.78 Å². The van der Waals surface area contributed by atoms with Gasteiger partial charge in [-0.15, -0.1) is 11.3 Å². The van der Waals surface area contributed by atoms with Crippen LogP contribution in [0.5, 0.6) is 5.75 Å². The monoisotopic (exact) mass is 354 g/mol. The van der Waals surface area contributed by atoms with E-state index < -0.39 is 0 Å². The number of ether oxygens (including phenoxy) is 2. The van der Waals surface area contributed by atoms with Crippen LogP contribution in [0.25, 0.3) is 11.3 Å². The van der Waals surface area contributed by atoms with E-state index in [0.29, 0.717) is 12.2 Å². The fraction of sp³-hybridized carbons (Fsp3) is 0.158. The Kier molecular flexibility index (Phi) is 5.30. The fourth-order valence-corrected chi connectivity index (χ4v) is 2.99. The summed E-state index contributed by atoms with van der Waals surface area (Å²) in [6, 6.07) is 14.9. The number of carbonyl (C=O) groups excluding carboxylic acids is 1. The number of hydrogen-bond acceptors (Lipinski definition) is 6. The Balaban J connectivity index is 1.69. The van der Waals surface area contributed by atoms with Gasteiger partial charge in [0, 0.05) is 16.6 Å². The molecule has 25 heavy (non-hydrogen) atoms. The number of carbonyl (C=O) groups is 1. The van der Waals surface area contributed by atoms with Crippen LogP contribution in [0.15, 0.2) is 53.9 Å². The van der Waals surface area contributed by atoms with Crippen LogP contribution in [-0.2, 0) is 4.74 Å². The molecule has 3 aromatic rings. The lowest BCUT2D eigenvalue weighted by Gasteiger charge is -2.05. The molecule has 2 aromatic carbocycles. The Morgan fingerprint density at radius 3 is 2.48 bits per heavy atom. The Labute approximate surface area is 150 Å². The minimum atomic E-state index is -0.315. The van der Waals surface area contributed by atoms with Crippen molar-refractivity contribution >= 4 is 28.1 Å². The van der Waals surface area contributed by atoms with Crippen LogP contribution >= 0.6 is 11.3 Å². The summed E-state index contributed by atoms with van der Waals surface area (Å²) in [7, 11) is 1.65. The first-order chi connectivity index (χ1) is 12.2. The highest BCUT2D eigenvalue weighted by atomic mass is 32.1. The molecule has 1 heterocycles. The van der Waals surface area contributed by atoms with Crippen LogP contribution in [0.4, 0.5) is 10.8 Å². The highest BCUT2D eigenvalue weighted by Gasteiger charge is 2.08. The van der Waals surface area contributed by atoms with Crippen LogP contribution in [0, 0.1) is 0 Å². The standard InChI is InChI=1S/C19H18N2O3S/c1-3-24-18(22)14-4-8-15(9-5-14)20-19-21-17(12-25-19)13-6-10-16(23-2)11-7-13/h4-12H,3H2,1-2H3,(H,20,21). The number of hydrogen-bond donors (Lipinski definition) is 1. The van der Waals surface area contributed by atoms with E-state index in [4.69, 9.17) is 9.47 Å². The Morgan fingerprint density at radius 2 is 1.84 bits per heavy atom. The van der Waals surface area contributed by atoms with Crippen LogP contribution in [0.3, 0.4) is 0 Å². The van der Waals surface area contributed by atoms with Gasteiger partial charge in [0.15, 0.2) is 5.13 Å². The molecule has 0 fully saturated rings. The van der Waals surface area contributed by atoms with Crippen molar-refractivity contribution in [2.45, 2.75) is 6.92 Å². The van der Waals surface area contributed by atoms with Gasteiger partial charge in [-0.2, -0.15) is 0 Å². The summed E-state index contributed by atoms with van der Waals surface area (Å²) in [6.45, 7) is 2.16. The summed E-state index contributed by atoms with van der Waals surface area (Å²) in [6.07, 6.45) is 0. The van der Waals surface area contributed by atoms with E-state index in [-0.39, 0.29) is 5.97 Å². The predicted octanol–water partition coefficient (Wildman–Crippen LogP) is 4.74. The van der Waals surface area contributed by atoms with Crippen molar-refractivity contribution in [3.05, 3.63) is 59.5 Å². The zero-order valence-corrected chi connectivity index (χ0v) is 14.8. The summed E-state index contributed by atoms with van der Waals surface area (Å²) in [5.74, 6) is 0.504. The van der Waals surface area contributed by atoms with Crippen LogP contribution in [0.2, 0.25) is 0 Å². The van der Waals surface area contributed by atoms with Crippen LogP contribution < -0.4 is 10.1 Å². The quantitative estimate of drug-likeness (QED) is 0.648. The molecule has 0 aliphatic heterocycles. The molecule has 0 aliphatic rings. The Morgan fingerprint density at radius 1 is 1.12 bits per heavy atom. The van der Waals surface area contributed by atoms with E-state index in [1.165, 1.54) is 11.3 Å².